The molecule has 1 fully saturated rings. The third-order valence-electron chi connectivity index (χ3n) is 4.66. The molecule has 1 unspecified atom stereocenters. The molecular weight excluding hydrogens is 222 g/mol. The Hall–Kier alpha value is -1.02. The van der Waals surface area contributed by atoms with E-state index in [0.29, 0.717) is 11.5 Å². The highest BCUT2D eigenvalue weighted by molar-refractivity contribution is 5.40. The lowest BCUT2D eigenvalue weighted by atomic mass is 9.79. The van der Waals surface area contributed by atoms with Gasteiger partial charge >= 0.3 is 0 Å². The van der Waals surface area contributed by atoms with E-state index in [1.54, 1.807) is 0 Å². The van der Waals surface area contributed by atoms with Crippen LogP contribution in [-0.2, 0) is 12.8 Å². The van der Waals surface area contributed by atoms with E-state index in [1.165, 1.54) is 30.5 Å². The number of rotatable bonds is 3. The molecule has 1 aromatic carbocycles. The van der Waals surface area contributed by atoms with Crippen LogP contribution in [0.2, 0.25) is 0 Å². The normalized spacial score (nSPS) is 26.4. The van der Waals surface area contributed by atoms with Crippen LogP contribution in [-0.4, -0.2) is 18.7 Å². The van der Waals surface area contributed by atoms with E-state index in [4.69, 9.17) is 4.74 Å². The summed E-state index contributed by atoms with van der Waals surface area (Å²) < 4.78 is 5.58. The molecule has 3 rings (SSSR count). The van der Waals surface area contributed by atoms with Crippen molar-refractivity contribution >= 4 is 0 Å². The van der Waals surface area contributed by atoms with Gasteiger partial charge in [-0.25, -0.2) is 0 Å². The van der Waals surface area contributed by atoms with Crippen LogP contribution in [0.1, 0.15) is 37.8 Å². The molecule has 2 heteroatoms. The zero-order valence-electron chi connectivity index (χ0n) is 11.5. The Morgan fingerprint density at radius 1 is 1.39 bits per heavy atom. The van der Waals surface area contributed by atoms with Crippen LogP contribution in [0.4, 0.5) is 0 Å². The van der Waals surface area contributed by atoms with Crippen molar-refractivity contribution in [2.24, 2.45) is 5.92 Å². The predicted octanol–water partition coefficient (Wildman–Crippen LogP) is 2.94. The van der Waals surface area contributed by atoms with Crippen molar-refractivity contribution in [2.75, 3.05) is 13.2 Å². The Kier molecular flexibility index (Phi) is 3.06. The Morgan fingerprint density at radius 3 is 3.00 bits per heavy atom. The molecule has 0 bridgehead atoms. The molecule has 2 nitrogen and oxygen atoms in total. The number of hydrogen-bond donors (Lipinski definition) is 1. The molecule has 98 valence electrons. The van der Waals surface area contributed by atoms with Crippen LogP contribution < -0.4 is 10.1 Å². The first-order chi connectivity index (χ1) is 8.70. The summed E-state index contributed by atoms with van der Waals surface area (Å²) in [5.41, 5.74) is 3.17. The molecule has 0 radical (unpaired) electrons. The highest BCUT2D eigenvalue weighted by Crippen LogP contribution is 2.33. The van der Waals surface area contributed by atoms with Crippen LogP contribution in [0.15, 0.2) is 18.2 Å². The van der Waals surface area contributed by atoms with Crippen molar-refractivity contribution in [3.05, 3.63) is 29.3 Å². The molecule has 0 spiro atoms. The average molecular weight is 245 g/mol. The molecule has 0 aliphatic carbocycles. The lowest BCUT2D eigenvalue weighted by molar-refractivity contribution is 0.269. The van der Waals surface area contributed by atoms with Gasteiger partial charge < -0.3 is 10.1 Å². The fourth-order valence-corrected chi connectivity index (χ4v) is 3.39. The fourth-order valence-electron chi connectivity index (χ4n) is 3.39. The molecule has 2 aliphatic rings. The van der Waals surface area contributed by atoms with E-state index >= 15 is 0 Å². The minimum Gasteiger partial charge on any atom is -0.493 e. The van der Waals surface area contributed by atoms with Crippen LogP contribution in [0.5, 0.6) is 5.75 Å². The van der Waals surface area contributed by atoms with Crippen molar-refractivity contribution in [3.63, 3.8) is 0 Å². The number of hydrogen-bond acceptors (Lipinski definition) is 2. The Morgan fingerprint density at radius 2 is 2.28 bits per heavy atom. The maximum atomic E-state index is 5.58. The van der Waals surface area contributed by atoms with Crippen molar-refractivity contribution in [2.45, 2.75) is 45.1 Å². The van der Waals surface area contributed by atoms with Crippen molar-refractivity contribution < 1.29 is 4.74 Å². The Labute approximate surface area is 110 Å². The van der Waals surface area contributed by atoms with Crippen molar-refractivity contribution in [3.8, 4) is 5.75 Å². The molecule has 2 aliphatic heterocycles. The van der Waals surface area contributed by atoms with Crippen LogP contribution in [0, 0.1) is 5.92 Å². The first-order valence-corrected chi connectivity index (χ1v) is 7.19. The highest BCUT2D eigenvalue weighted by atomic mass is 16.5. The summed E-state index contributed by atoms with van der Waals surface area (Å²) in [6, 6.07) is 6.75. The van der Waals surface area contributed by atoms with E-state index in [2.05, 4.69) is 37.4 Å². The maximum Gasteiger partial charge on any atom is 0.122 e. The smallest absolute Gasteiger partial charge is 0.122 e. The third-order valence-corrected chi connectivity index (χ3v) is 4.66. The third kappa shape index (κ3) is 2.03. The second-order valence-electron chi connectivity index (χ2n) is 6.06. The van der Waals surface area contributed by atoms with E-state index in [9.17, 15) is 0 Å². The van der Waals surface area contributed by atoms with Gasteiger partial charge in [-0.05, 0) is 48.9 Å². The minimum absolute atomic E-state index is 0.313. The Bertz CT molecular complexity index is 433. The lowest BCUT2D eigenvalue weighted by Crippen LogP contribution is -2.46. The summed E-state index contributed by atoms with van der Waals surface area (Å²) in [5, 5.41) is 3.75. The standard InChI is InChI=1S/C16H23NO/c1-12(2)16(7-3-8-17-16)11-13-4-5-15-14(10-13)6-9-18-15/h4-5,10,12,17H,3,6-9,11H2,1-2H3. The van der Waals surface area contributed by atoms with E-state index in [1.807, 2.05) is 0 Å². The van der Waals surface area contributed by atoms with Gasteiger partial charge in [0.05, 0.1) is 6.61 Å². The van der Waals surface area contributed by atoms with Crippen LogP contribution in [0.3, 0.4) is 0 Å². The minimum atomic E-state index is 0.313. The first-order valence-electron chi connectivity index (χ1n) is 7.19. The van der Waals surface area contributed by atoms with Crippen molar-refractivity contribution in [1.29, 1.82) is 0 Å². The van der Waals surface area contributed by atoms with Crippen molar-refractivity contribution in [1.82, 2.24) is 5.32 Å². The number of nitrogens with one attached hydrogen (secondary N) is 1. The first kappa shape index (κ1) is 12.0. The van der Waals surface area contributed by atoms with Gasteiger partial charge in [0.1, 0.15) is 5.75 Å². The van der Waals surface area contributed by atoms with Crippen LogP contribution in [0.25, 0.3) is 0 Å². The SMILES string of the molecule is CC(C)C1(Cc2ccc3c(c2)CCO3)CCCN1. The molecular formula is C16H23NO. The molecule has 0 saturated carbocycles. The predicted molar refractivity (Wildman–Crippen MR) is 74.2 cm³/mol. The summed E-state index contributed by atoms with van der Waals surface area (Å²) in [5.74, 6) is 1.78. The fraction of sp³-hybridized carbons (Fsp3) is 0.625. The van der Waals surface area contributed by atoms with Gasteiger partial charge in [-0.1, -0.05) is 26.0 Å². The van der Waals surface area contributed by atoms with Gasteiger partial charge in [0.25, 0.3) is 0 Å². The van der Waals surface area contributed by atoms with Gasteiger partial charge in [-0.2, -0.15) is 0 Å². The second-order valence-corrected chi connectivity index (χ2v) is 6.06. The number of ether oxygens (including phenoxy) is 1. The van der Waals surface area contributed by atoms with E-state index in [-0.39, 0.29) is 0 Å². The zero-order valence-corrected chi connectivity index (χ0v) is 11.5. The van der Waals surface area contributed by atoms with Gasteiger partial charge in [0.2, 0.25) is 0 Å². The topological polar surface area (TPSA) is 21.3 Å². The maximum absolute atomic E-state index is 5.58. The number of benzene rings is 1. The van der Waals surface area contributed by atoms with Crippen LogP contribution >= 0.6 is 0 Å². The molecule has 0 amide bonds. The summed E-state index contributed by atoms with van der Waals surface area (Å²) in [7, 11) is 0. The largest absolute Gasteiger partial charge is 0.493 e. The lowest BCUT2D eigenvalue weighted by Gasteiger charge is -2.34. The molecule has 0 aromatic heterocycles. The summed E-state index contributed by atoms with van der Waals surface area (Å²) in [4.78, 5) is 0. The van der Waals surface area contributed by atoms with E-state index in [0.717, 1.165) is 25.2 Å². The summed E-state index contributed by atoms with van der Waals surface area (Å²) in [6.07, 6.45) is 4.84. The van der Waals surface area contributed by atoms with Gasteiger partial charge in [0.15, 0.2) is 0 Å². The van der Waals surface area contributed by atoms with Gasteiger partial charge in [0, 0.05) is 12.0 Å². The second kappa shape index (κ2) is 4.58. The highest BCUT2D eigenvalue weighted by Gasteiger charge is 2.36. The monoisotopic (exact) mass is 245 g/mol. The average Bonchev–Trinajstić information content (AvgIpc) is 2.97. The molecule has 1 saturated heterocycles. The van der Waals surface area contributed by atoms with Gasteiger partial charge in [-0.3, -0.25) is 0 Å². The zero-order chi connectivity index (χ0) is 12.6. The van der Waals surface area contributed by atoms with E-state index < -0.39 is 0 Å². The number of fused-ring (bicyclic) bond motifs is 1. The van der Waals surface area contributed by atoms with Gasteiger partial charge in [-0.15, -0.1) is 0 Å². The Balaban J connectivity index is 1.83. The molecule has 1 aromatic rings. The summed E-state index contributed by atoms with van der Waals surface area (Å²) in [6.45, 7) is 6.71. The molecule has 1 N–H and O–H groups in total. The summed E-state index contributed by atoms with van der Waals surface area (Å²) >= 11 is 0. The molecule has 1 atom stereocenters. The molecule has 18 heavy (non-hydrogen) atoms. The quantitative estimate of drug-likeness (QED) is 0.884. The molecule has 2 heterocycles.